The van der Waals surface area contributed by atoms with E-state index in [0.29, 0.717) is 66.8 Å². The van der Waals surface area contributed by atoms with Crippen LogP contribution in [0.3, 0.4) is 0 Å². The molecule has 9 heteroatoms. The molecule has 0 saturated carbocycles. The van der Waals surface area contributed by atoms with Gasteiger partial charge in [0.15, 0.2) is 11.5 Å². The first kappa shape index (κ1) is 29.2. The highest BCUT2D eigenvalue weighted by Gasteiger charge is 2.46. The summed E-state index contributed by atoms with van der Waals surface area (Å²) in [6.07, 6.45) is 0. The van der Waals surface area contributed by atoms with Crippen LogP contribution in [0.5, 0.6) is 17.2 Å². The molecular formula is C33H36N2O7. The maximum atomic E-state index is 13.6. The normalized spacial score (nSPS) is 18.7. The van der Waals surface area contributed by atoms with Gasteiger partial charge in [0.1, 0.15) is 18.1 Å². The fourth-order valence-corrected chi connectivity index (χ4v) is 5.43. The molecule has 3 aromatic rings. The molecule has 0 bridgehead atoms. The van der Waals surface area contributed by atoms with E-state index >= 15 is 0 Å². The Morgan fingerprint density at radius 2 is 1.67 bits per heavy atom. The SMILES string of the molecule is COc1ccc(C2/C(=C(/O)c3ccc(OCc4ccccc4)cc3C)C(=O)C(=O)N2CCN2CCOCC2)cc1OC. The lowest BCUT2D eigenvalue weighted by Crippen LogP contribution is -2.42. The van der Waals surface area contributed by atoms with Crippen molar-refractivity contribution in [2.45, 2.75) is 19.6 Å². The topological polar surface area (TPSA) is 97.8 Å². The Bertz CT molecular complexity index is 1460. The Morgan fingerprint density at radius 3 is 2.36 bits per heavy atom. The second kappa shape index (κ2) is 13.1. The van der Waals surface area contributed by atoms with Crippen LogP contribution in [-0.2, 0) is 20.9 Å². The summed E-state index contributed by atoms with van der Waals surface area (Å²) in [7, 11) is 3.07. The number of rotatable bonds is 10. The second-order valence-electron chi connectivity index (χ2n) is 10.3. The van der Waals surface area contributed by atoms with Crippen LogP contribution in [0.15, 0.2) is 72.3 Å². The zero-order valence-corrected chi connectivity index (χ0v) is 24.2. The van der Waals surface area contributed by atoms with E-state index in [-0.39, 0.29) is 11.3 Å². The van der Waals surface area contributed by atoms with E-state index in [2.05, 4.69) is 4.90 Å². The average Bonchev–Trinajstić information content (AvgIpc) is 3.28. The number of carbonyl (C=O) groups excluding carboxylic acids is 2. The van der Waals surface area contributed by atoms with Crippen LogP contribution in [0.2, 0.25) is 0 Å². The summed E-state index contributed by atoms with van der Waals surface area (Å²) in [5.74, 6) is 0.0193. The zero-order chi connectivity index (χ0) is 29.6. The van der Waals surface area contributed by atoms with Crippen molar-refractivity contribution in [3.8, 4) is 17.2 Å². The van der Waals surface area contributed by atoms with E-state index in [1.807, 2.05) is 43.3 Å². The predicted octanol–water partition coefficient (Wildman–Crippen LogP) is 4.35. The molecule has 2 aliphatic rings. The molecule has 2 fully saturated rings. The van der Waals surface area contributed by atoms with Gasteiger partial charge in [-0.1, -0.05) is 36.4 Å². The van der Waals surface area contributed by atoms with E-state index < -0.39 is 17.7 Å². The number of ketones is 1. The van der Waals surface area contributed by atoms with Crippen molar-refractivity contribution in [1.29, 1.82) is 0 Å². The number of morpholine rings is 1. The van der Waals surface area contributed by atoms with Crippen LogP contribution in [0.25, 0.3) is 5.76 Å². The number of aryl methyl sites for hydroxylation is 1. The summed E-state index contributed by atoms with van der Waals surface area (Å²) in [4.78, 5) is 30.8. The molecule has 5 rings (SSSR count). The standard InChI is InChI=1S/C33H36N2O7/c1-22-19-25(42-21-23-7-5-4-6-8-23)10-11-26(22)31(36)29-30(24-9-12-27(39-2)28(20-24)40-3)35(33(38)32(29)37)14-13-34-15-17-41-18-16-34/h4-12,19-20,30,36H,13-18,21H2,1-3H3/b31-29-. The van der Waals surface area contributed by atoms with Crippen LogP contribution >= 0.6 is 0 Å². The Morgan fingerprint density at radius 1 is 0.929 bits per heavy atom. The maximum absolute atomic E-state index is 13.6. The summed E-state index contributed by atoms with van der Waals surface area (Å²) in [6, 6.07) is 19.6. The summed E-state index contributed by atoms with van der Waals surface area (Å²) in [5, 5.41) is 11.6. The van der Waals surface area contributed by atoms with Crippen molar-refractivity contribution in [1.82, 2.24) is 9.80 Å². The Kier molecular flexibility index (Phi) is 9.09. The fraction of sp³-hybridized carbons (Fsp3) is 0.333. The Hall–Kier alpha value is -4.34. The largest absolute Gasteiger partial charge is 0.507 e. The van der Waals surface area contributed by atoms with Gasteiger partial charge in [-0.05, 0) is 53.9 Å². The number of benzene rings is 3. The Balaban J connectivity index is 1.50. The molecule has 0 spiro atoms. The highest BCUT2D eigenvalue weighted by atomic mass is 16.5. The van der Waals surface area contributed by atoms with E-state index in [4.69, 9.17) is 18.9 Å². The van der Waals surface area contributed by atoms with E-state index in [1.165, 1.54) is 12.0 Å². The third kappa shape index (κ3) is 6.12. The molecule has 0 radical (unpaired) electrons. The first-order valence-electron chi connectivity index (χ1n) is 14.0. The van der Waals surface area contributed by atoms with Crippen molar-refractivity contribution in [3.05, 3.63) is 94.6 Å². The number of ether oxygens (including phenoxy) is 4. The minimum absolute atomic E-state index is 0.0373. The number of aliphatic hydroxyl groups excluding tert-OH is 1. The molecule has 0 aliphatic carbocycles. The summed E-state index contributed by atoms with van der Waals surface area (Å²) in [5.41, 5.74) is 2.88. The first-order valence-corrected chi connectivity index (χ1v) is 14.0. The van der Waals surface area contributed by atoms with Crippen molar-refractivity contribution in [2.24, 2.45) is 0 Å². The Labute approximate surface area is 245 Å². The van der Waals surface area contributed by atoms with Gasteiger partial charge in [0.25, 0.3) is 11.7 Å². The fourth-order valence-electron chi connectivity index (χ4n) is 5.43. The number of methoxy groups -OCH3 is 2. The number of nitrogens with zero attached hydrogens (tertiary/aromatic N) is 2. The lowest BCUT2D eigenvalue weighted by atomic mass is 9.93. The third-order valence-electron chi connectivity index (χ3n) is 7.73. The van der Waals surface area contributed by atoms with Crippen molar-refractivity contribution >= 4 is 17.4 Å². The molecule has 2 aliphatic heterocycles. The predicted molar refractivity (Wildman–Crippen MR) is 158 cm³/mol. The van der Waals surface area contributed by atoms with E-state index in [9.17, 15) is 14.7 Å². The van der Waals surface area contributed by atoms with Crippen LogP contribution in [-0.4, -0.2) is 80.2 Å². The van der Waals surface area contributed by atoms with Crippen LogP contribution in [0, 0.1) is 6.92 Å². The molecule has 9 nitrogen and oxygen atoms in total. The van der Waals surface area contributed by atoms with Crippen molar-refractivity contribution < 1.29 is 33.6 Å². The quantitative estimate of drug-likeness (QED) is 0.218. The lowest BCUT2D eigenvalue weighted by molar-refractivity contribution is -0.140. The van der Waals surface area contributed by atoms with E-state index in [1.54, 1.807) is 37.4 Å². The van der Waals surface area contributed by atoms with Gasteiger partial charge in [0, 0.05) is 31.7 Å². The first-order chi connectivity index (χ1) is 20.4. The second-order valence-corrected chi connectivity index (χ2v) is 10.3. The van der Waals surface area contributed by atoms with Crippen molar-refractivity contribution in [2.75, 3.05) is 53.6 Å². The minimum Gasteiger partial charge on any atom is -0.507 e. The average molecular weight is 573 g/mol. The summed E-state index contributed by atoms with van der Waals surface area (Å²) < 4.78 is 22.3. The summed E-state index contributed by atoms with van der Waals surface area (Å²) >= 11 is 0. The van der Waals surface area contributed by atoms with Crippen molar-refractivity contribution in [3.63, 3.8) is 0 Å². The smallest absolute Gasteiger partial charge is 0.295 e. The zero-order valence-electron chi connectivity index (χ0n) is 24.2. The molecule has 1 atom stereocenters. The van der Waals surface area contributed by atoms with Gasteiger partial charge in [-0.3, -0.25) is 14.5 Å². The number of hydrogen-bond acceptors (Lipinski definition) is 8. The molecular weight excluding hydrogens is 536 g/mol. The number of Topliss-reactive ketones (excluding diaryl/α,β-unsaturated/α-hetero) is 1. The number of hydrogen-bond donors (Lipinski definition) is 1. The van der Waals surface area contributed by atoms with Gasteiger partial charge >= 0.3 is 0 Å². The molecule has 1 amide bonds. The molecule has 3 aromatic carbocycles. The van der Waals surface area contributed by atoms with Gasteiger partial charge in [0.2, 0.25) is 0 Å². The third-order valence-corrected chi connectivity index (χ3v) is 7.73. The highest BCUT2D eigenvalue weighted by Crippen LogP contribution is 2.42. The van der Waals surface area contributed by atoms with Crippen LogP contribution < -0.4 is 14.2 Å². The van der Waals surface area contributed by atoms with Gasteiger partial charge in [0.05, 0.1) is 39.0 Å². The number of likely N-dealkylation sites (tertiary alicyclic amines) is 1. The molecule has 1 unspecified atom stereocenters. The van der Waals surface area contributed by atoms with Crippen LogP contribution in [0.1, 0.15) is 28.3 Å². The maximum Gasteiger partial charge on any atom is 0.295 e. The number of amides is 1. The monoisotopic (exact) mass is 572 g/mol. The van der Waals surface area contributed by atoms with Gasteiger partial charge in [-0.15, -0.1) is 0 Å². The molecule has 42 heavy (non-hydrogen) atoms. The molecule has 220 valence electrons. The lowest BCUT2D eigenvalue weighted by Gasteiger charge is -2.31. The molecule has 0 aromatic heterocycles. The van der Waals surface area contributed by atoms with Gasteiger partial charge in [-0.2, -0.15) is 0 Å². The highest BCUT2D eigenvalue weighted by molar-refractivity contribution is 6.46. The molecule has 1 N–H and O–H groups in total. The van der Waals surface area contributed by atoms with Crippen LogP contribution in [0.4, 0.5) is 0 Å². The number of carbonyl (C=O) groups is 2. The van der Waals surface area contributed by atoms with Gasteiger partial charge < -0.3 is 29.0 Å². The van der Waals surface area contributed by atoms with E-state index in [0.717, 1.165) is 18.7 Å². The minimum atomic E-state index is -0.806. The molecule has 2 heterocycles. The van der Waals surface area contributed by atoms with Gasteiger partial charge in [-0.25, -0.2) is 0 Å². The molecule has 2 saturated heterocycles. The number of aliphatic hydroxyl groups is 1. The summed E-state index contributed by atoms with van der Waals surface area (Å²) in [6.45, 7) is 5.89.